The second kappa shape index (κ2) is 4.92. The summed E-state index contributed by atoms with van der Waals surface area (Å²) in [5, 5.41) is 12.1. The molecule has 0 spiro atoms. The monoisotopic (exact) mass is 243 g/mol. The van der Waals surface area contributed by atoms with Crippen molar-refractivity contribution in [3.63, 3.8) is 0 Å². The molecule has 0 aliphatic heterocycles. The molecule has 18 heavy (non-hydrogen) atoms. The molecule has 2 N–H and O–H groups in total. The fourth-order valence-electron chi connectivity index (χ4n) is 1.64. The average Bonchev–Trinajstić information content (AvgIpc) is 2.32. The number of aromatic carboxylic acids is 1. The SMILES string of the molecule is Bc1ccc(C(=O)O)c(Nc2ccc(F)cc2)c1. The molecule has 2 aromatic rings. The van der Waals surface area contributed by atoms with Crippen molar-refractivity contribution >= 4 is 30.7 Å². The van der Waals surface area contributed by atoms with Crippen LogP contribution in [-0.2, 0) is 0 Å². The fraction of sp³-hybridized carbons (Fsp3) is 0. The van der Waals surface area contributed by atoms with Crippen LogP contribution in [0.5, 0.6) is 0 Å². The van der Waals surface area contributed by atoms with E-state index < -0.39 is 5.97 Å². The van der Waals surface area contributed by atoms with E-state index in [1.807, 2.05) is 7.85 Å². The van der Waals surface area contributed by atoms with Crippen LogP contribution in [0.25, 0.3) is 0 Å². The maximum Gasteiger partial charge on any atom is 0.337 e. The van der Waals surface area contributed by atoms with Gasteiger partial charge in [0.1, 0.15) is 13.7 Å². The van der Waals surface area contributed by atoms with E-state index in [2.05, 4.69) is 5.32 Å². The first kappa shape index (κ1) is 12.2. The Morgan fingerprint density at radius 3 is 2.44 bits per heavy atom. The first-order chi connectivity index (χ1) is 8.56. The molecule has 0 aliphatic carbocycles. The van der Waals surface area contributed by atoms with Crippen LogP contribution >= 0.6 is 0 Å². The first-order valence-corrected chi connectivity index (χ1v) is 5.43. The van der Waals surface area contributed by atoms with E-state index in [1.165, 1.54) is 12.1 Å². The Bertz CT molecular complexity index is 584. The van der Waals surface area contributed by atoms with Gasteiger partial charge in [0.25, 0.3) is 0 Å². The lowest BCUT2D eigenvalue weighted by Gasteiger charge is -2.10. The third-order valence-electron chi connectivity index (χ3n) is 2.53. The summed E-state index contributed by atoms with van der Waals surface area (Å²) in [6.07, 6.45) is 0. The molecule has 90 valence electrons. The molecule has 0 atom stereocenters. The summed E-state index contributed by atoms with van der Waals surface area (Å²) in [4.78, 5) is 11.1. The van der Waals surface area contributed by atoms with Gasteiger partial charge in [-0.2, -0.15) is 0 Å². The van der Waals surface area contributed by atoms with Gasteiger partial charge in [-0.25, -0.2) is 9.18 Å². The Hall–Kier alpha value is -2.30. The maximum atomic E-state index is 12.8. The van der Waals surface area contributed by atoms with Gasteiger partial charge >= 0.3 is 5.97 Å². The van der Waals surface area contributed by atoms with Crippen molar-refractivity contribution in [2.75, 3.05) is 5.32 Å². The lowest BCUT2D eigenvalue weighted by molar-refractivity contribution is 0.0698. The fourth-order valence-corrected chi connectivity index (χ4v) is 1.64. The Balaban J connectivity index is 2.35. The number of carboxylic acid groups (broad SMARTS) is 1. The highest BCUT2D eigenvalue weighted by Gasteiger charge is 2.09. The number of anilines is 2. The molecule has 0 saturated heterocycles. The summed E-state index contributed by atoms with van der Waals surface area (Å²) in [6, 6.07) is 10.8. The summed E-state index contributed by atoms with van der Waals surface area (Å²) < 4.78 is 12.8. The van der Waals surface area contributed by atoms with Gasteiger partial charge in [0, 0.05) is 5.69 Å². The molecule has 2 rings (SSSR count). The van der Waals surface area contributed by atoms with Gasteiger partial charge in [-0.05, 0) is 36.4 Å². The minimum Gasteiger partial charge on any atom is -0.478 e. The van der Waals surface area contributed by atoms with Gasteiger partial charge in [0.15, 0.2) is 0 Å². The zero-order chi connectivity index (χ0) is 13.1. The number of halogens is 1. The maximum absolute atomic E-state index is 12.8. The summed E-state index contributed by atoms with van der Waals surface area (Å²) in [5.74, 6) is -1.33. The summed E-state index contributed by atoms with van der Waals surface area (Å²) in [5.41, 5.74) is 2.27. The van der Waals surface area contributed by atoms with E-state index in [4.69, 9.17) is 5.11 Å². The molecule has 0 aromatic heterocycles. The highest BCUT2D eigenvalue weighted by Crippen LogP contribution is 2.20. The van der Waals surface area contributed by atoms with Crippen LogP contribution in [0.2, 0.25) is 0 Å². The smallest absolute Gasteiger partial charge is 0.337 e. The molecule has 0 unspecified atom stereocenters. The molecular weight excluding hydrogens is 232 g/mol. The molecular formula is C13H11BFNO2. The molecule has 0 aliphatic rings. The molecule has 3 nitrogen and oxygen atoms in total. The van der Waals surface area contributed by atoms with Crippen LogP contribution in [0.4, 0.5) is 15.8 Å². The number of hydrogen-bond acceptors (Lipinski definition) is 2. The average molecular weight is 243 g/mol. The Kier molecular flexibility index (Phi) is 3.32. The van der Waals surface area contributed by atoms with E-state index in [0.717, 1.165) is 5.46 Å². The lowest BCUT2D eigenvalue weighted by atomic mass is 9.94. The Morgan fingerprint density at radius 2 is 1.83 bits per heavy atom. The van der Waals surface area contributed by atoms with Gasteiger partial charge < -0.3 is 10.4 Å². The van der Waals surface area contributed by atoms with E-state index in [1.54, 1.807) is 30.3 Å². The zero-order valence-electron chi connectivity index (χ0n) is 9.77. The van der Waals surface area contributed by atoms with Crippen molar-refractivity contribution < 1.29 is 14.3 Å². The third-order valence-corrected chi connectivity index (χ3v) is 2.53. The summed E-state index contributed by atoms with van der Waals surface area (Å²) in [7, 11) is 1.88. The predicted molar refractivity (Wildman–Crippen MR) is 71.3 cm³/mol. The lowest BCUT2D eigenvalue weighted by Crippen LogP contribution is -2.09. The number of benzene rings is 2. The van der Waals surface area contributed by atoms with Crippen molar-refractivity contribution in [1.29, 1.82) is 0 Å². The second-order valence-corrected chi connectivity index (χ2v) is 3.99. The number of hydrogen-bond donors (Lipinski definition) is 2. The van der Waals surface area contributed by atoms with Crippen molar-refractivity contribution in [1.82, 2.24) is 0 Å². The van der Waals surface area contributed by atoms with E-state index in [9.17, 15) is 9.18 Å². The number of carbonyl (C=O) groups is 1. The minimum absolute atomic E-state index is 0.185. The number of rotatable bonds is 3. The van der Waals surface area contributed by atoms with Crippen molar-refractivity contribution in [2.24, 2.45) is 0 Å². The summed E-state index contributed by atoms with van der Waals surface area (Å²) >= 11 is 0. The first-order valence-electron chi connectivity index (χ1n) is 5.43. The van der Waals surface area contributed by atoms with Crippen molar-refractivity contribution in [3.8, 4) is 0 Å². The molecule has 0 saturated carbocycles. The van der Waals surface area contributed by atoms with Gasteiger partial charge in [0.2, 0.25) is 0 Å². The van der Waals surface area contributed by atoms with Crippen LogP contribution < -0.4 is 10.8 Å². The highest BCUT2D eigenvalue weighted by molar-refractivity contribution is 6.32. The minimum atomic E-state index is -1.00. The molecule has 0 fully saturated rings. The zero-order valence-corrected chi connectivity index (χ0v) is 9.77. The van der Waals surface area contributed by atoms with Crippen LogP contribution in [-0.4, -0.2) is 18.9 Å². The summed E-state index contributed by atoms with van der Waals surface area (Å²) in [6.45, 7) is 0. The van der Waals surface area contributed by atoms with Crippen molar-refractivity contribution in [2.45, 2.75) is 0 Å². The van der Waals surface area contributed by atoms with Crippen LogP contribution in [0.3, 0.4) is 0 Å². The molecule has 0 radical (unpaired) electrons. The van der Waals surface area contributed by atoms with E-state index >= 15 is 0 Å². The Morgan fingerprint density at radius 1 is 1.17 bits per heavy atom. The largest absolute Gasteiger partial charge is 0.478 e. The number of carboxylic acids is 1. The standard InChI is InChI=1S/C13H11BFNO2/c14-8-1-6-11(13(17)18)12(7-8)16-10-4-2-9(15)3-5-10/h1-7,16H,14H2,(H,17,18). The predicted octanol–water partition coefficient (Wildman–Crippen LogP) is 1.53. The van der Waals surface area contributed by atoms with Crippen LogP contribution in [0.15, 0.2) is 42.5 Å². The molecule has 5 heteroatoms. The van der Waals surface area contributed by atoms with Gasteiger partial charge in [-0.3, -0.25) is 0 Å². The number of nitrogens with one attached hydrogen (secondary N) is 1. The van der Waals surface area contributed by atoms with Gasteiger partial charge in [-0.15, -0.1) is 0 Å². The third kappa shape index (κ3) is 2.68. The second-order valence-electron chi connectivity index (χ2n) is 3.99. The molecule has 0 amide bonds. The molecule has 0 bridgehead atoms. The normalized spacial score (nSPS) is 10.1. The quantitative estimate of drug-likeness (QED) is 0.803. The molecule has 0 heterocycles. The topological polar surface area (TPSA) is 49.3 Å². The molecule has 2 aromatic carbocycles. The van der Waals surface area contributed by atoms with Gasteiger partial charge in [-0.1, -0.05) is 11.5 Å². The van der Waals surface area contributed by atoms with Gasteiger partial charge in [0.05, 0.1) is 11.3 Å². The van der Waals surface area contributed by atoms with E-state index in [-0.39, 0.29) is 11.4 Å². The van der Waals surface area contributed by atoms with Crippen molar-refractivity contribution in [3.05, 3.63) is 53.8 Å². The Labute approximate surface area is 105 Å². The van der Waals surface area contributed by atoms with E-state index in [0.29, 0.717) is 11.4 Å². The van der Waals surface area contributed by atoms with Crippen LogP contribution in [0.1, 0.15) is 10.4 Å². The van der Waals surface area contributed by atoms with Crippen LogP contribution in [0, 0.1) is 5.82 Å². The highest BCUT2D eigenvalue weighted by atomic mass is 19.1.